The van der Waals surface area contributed by atoms with Crippen molar-refractivity contribution in [3.05, 3.63) is 0 Å². The van der Waals surface area contributed by atoms with E-state index in [0.717, 1.165) is 38.5 Å². The lowest BCUT2D eigenvalue weighted by molar-refractivity contribution is -0.227. The zero-order chi connectivity index (χ0) is 19.0. The molecule has 0 radical (unpaired) electrons. The van der Waals surface area contributed by atoms with Crippen LogP contribution in [0.1, 0.15) is 72.1 Å². The molecule has 4 heteroatoms. The van der Waals surface area contributed by atoms with Gasteiger partial charge in [0.1, 0.15) is 11.6 Å². The van der Waals surface area contributed by atoms with Gasteiger partial charge < -0.3 is 9.47 Å². The molecule has 1 spiro atoms. The van der Waals surface area contributed by atoms with Crippen LogP contribution < -0.4 is 0 Å². The highest BCUT2D eigenvalue weighted by molar-refractivity contribution is 5.87. The predicted molar refractivity (Wildman–Crippen MR) is 101 cm³/mol. The van der Waals surface area contributed by atoms with Gasteiger partial charge >= 0.3 is 0 Å². The van der Waals surface area contributed by atoms with Gasteiger partial charge in [0.15, 0.2) is 5.79 Å². The van der Waals surface area contributed by atoms with Crippen LogP contribution in [0.25, 0.3) is 0 Å². The van der Waals surface area contributed by atoms with Crippen molar-refractivity contribution in [3.8, 4) is 0 Å². The molecule has 4 saturated carbocycles. The minimum absolute atomic E-state index is 0.0796. The lowest BCUT2D eigenvalue weighted by Crippen LogP contribution is -2.59. The maximum Gasteiger partial charge on any atom is 0.168 e. The molecule has 5 aliphatic rings. The fraction of sp³-hybridized carbons (Fsp3) is 0.913. The van der Waals surface area contributed by atoms with E-state index in [-0.39, 0.29) is 28.5 Å². The molecule has 0 aromatic heterocycles. The number of carbonyl (C=O) groups excluding carboxylic acids is 2. The summed E-state index contributed by atoms with van der Waals surface area (Å²) < 4.78 is 12.0. The third kappa shape index (κ3) is 2.41. The second-order valence-electron chi connectivity index (χ2n) is 10.7. The Balaban J connectivity index is 1.45. The van der Waals surface area contributed by atoms with E-state index in [1.807, 2.05) is 0 Å². The van der Waals surface area contributed by atoms with E-state index in [1.165, 1.54) is 6.42 Å². The standard InChI is InChI=1S/C23H34O4/c1-14(24)17-6-7-18-16-5-4-15-12-23(26-10-11-27-23)9-8-21(15,2)20(16)19(25)13-22(17,18)3/h15-18,20H,4-13H2,1-3H3/t15-,16-,17+,18-,20+,21-,22+/m0/s1. The van der Waals surface area contributed by atoms with Crippen LogP contribution in [0.5, 0.6) is 0 Å². The number of ketones is 2. The van der Waals surface area contributed by atoms with Crippen molar-refractivity contribution >= 4 is 11.6 Å². The van der Waals surface area contributed by atoms with E-state index in [2.05, 4.69) is 13.8 Å². The van der Waals surface area contributed by atoms with Crippen LogP contribution >= 0.6 is 0 Å². The largest absolute Gasteiger partial charge is 0.348 e. The van der Waals surface area contributed by atoms with Crippen molar-refractivity contribution in [1.82, 2.24) is 0 Å². The average molecular weight is 375 g/mol. The van der Waals surface area contributed by atoms with E-state index in [4.69, 9.17) is 9.47 Å². The smallest absolute Gasteiger partial charge is 0.168 e. The van der Waals surface area contributed by atoms with Crippen molar-refractivity contribution in [1.29, 1.82) is 0 Å². The summed E-state index contributed by atoms with van der Waals surface area (Å²) in [6.07, 6.45) is 7.96. The van der Waals surface area contributed by atoms with Crippen molar-refractivity contribution < 1.29 is 19.1 Å². The van der Waals surface area contributed by atoms with Gasteiger partial charge in [-0.25, -0.2) is 0 Å². The highest BCUT2D eigenvalue weighted by Gasteiger charge is 2.65. The minimum Gasteiger partial charge on any atom is -0.348 e. The second-order valence-corrected chi connectivity index (χ2v) is 10.7. The van der Waals surface area contributed by atoms with Crippen molar-refractivity contribution in [3.63, 3.8) is 0 Å². The Morgan fingerprint density at radius 2 is 1.74 bits per heavy atom. The fourth-order valence-electron chi connectivity index (χ4n) is 8.44. The third-order valence-corrected chi connectivity index (χ3v) is 9.65. The molecule has 0 N–H and O–H groups in total. The monoisotopic (exact) mass is 374 g/mol. The summed E-state index contributed by atoms with van der Waals surface area (Å²) in [6, 6.07) is 0. The van der Waals surface area contributed by atoms with E-state index in [0.29, 0.717) is 49.0 Å². The Kier molecular flexibility index (Phi) is 3.99. The first-order valence-corrected chi connectivity index (χ1v) is 11.1. The number of hydrogen-bond donors (Lipinski definition) is 0. The maximum atomic E-state index is 13.5. The molecule has 5 fully saturated rings. The molecule has 5 rings (SSSR count). The van der Waals surface area contributed by atoms with Gasteiger partial charge in [0.2, 0.25) is 0 Å². The van der Waals surface area contributed by atoms with Gasteiger partial charge in [-0.2, -0.15) is 0 Å². The van der Waals surface area contributed by atoms with Gasteiger partial charge in [-0.15, -0.1) is 0 Å². The van der Waals surface area contributed by atoms with Crippen molar-refractivity contribution in [2.45, 2.75) is 77.9 Å². The first-order chi connectivity index (χ1) is 12.8. The quantitative estimate of drug-likeness (QED) is 0.692. The van der Waals surface area contributed by atoms with Crippen molar-refractivity contribution in [2.24, 2.45) is 40.4 Å². The zero-order valence-corrected chi connectivity index (χ0v) is 17.1. The van der Waals surface area contributed by atoms with Gasteiger partial charge in [-0.1, -0.05) is 13.8 Å². The van der Waals surface area contributed by atoms with Gasteiger partial charge in [-0.3, -0.25) is 9.59 Å². The molecule has 0 aromatic carbocycles. The normalized spacial score (nSPS) is 50.9. The van der Waals surface area contributed by atoms with Crippen LogP contribution in [0.15, 0.2) is 0 Å². The summed E-state index contributed by atoms with van der Waals surface area (Å²) >= 11 is 0. The Morgan fingerprint density at radius 1 is 1.00 bits per heavy atom. The molecular formula is C23H34O4. The molecule has 1 heterocycles. The van der Waals surface area contributed by atoms with Crippen molar-refractivity contribution in [2.75, 3.05) is 13.2 Å². The van der Waals surface area contributed by atoms with Gasteiger partial charge in [0, 0.05) is 31.1 Å². The summed E-state index contributed by atoms with van der Waals surface area (Å²) in [5, 5.41) is 0. The SMILES string of the molecule is CC(=O)[C@H]1CC[C@H]2[C@@H]3CC[C@H]4CC5(CC[C@]4(C)[C@H]3C(=O)C[C@]12C)OCCO5. The molecule has 4 aliphatic carbocycles. The third-order valence-electron chi connectivity index (χ3n) is 9.65. The van der Waals surface area contributed by atoms with Crippen LogP contribution in [0, 0.1) is 40.4 Å². The molecule has 0 amide bonds. The molecule has 0 bridgehead atoms. The van der Waals surface area contributed by atoms with Crippen LogP contribution in [0.2, 0.25) is 0 Å². The molecule has 1 saturated heterocycles. The number of fused-ring (bicyclic) bond motifs is 5. The molecule has 0 unspecified atom stereocenters. The summed E-state index contributed by atoms with van der Waals surface area (Å²) in [5.74, 6) is 2.18. The summed E-state index contributed by atoms with van der Waals surface area (Å²) in [4.78, 5) is 25.8. The highest BCUT2D eigenvalue weighted by atomic mass is 16.7. The molecule has 1 aliphatic heterocycles. The van der Waals surface area contributed by atoms with Crippen LogP contribution in [0.3, 0.4) is 0 Å². The van der Waals surface area contributed by atoms with Gasteiger partial charge in [-0.05, 0) is 67.6 Å². The number of Topliss-reactive ketones (excluding diaryl/α,β-unsaturated/α-hetero) is 2. The summed E-state index contributed by atoms with van der Waals surface area (Å²) in [6.45, 7) is 7.78. The van der Waals surface area contributed by atoms with E-state index in [1.54, 1.807) is 6.92 Å². The Bertz CT molecular complexity index is 665. The number of ether oxygens (including phenoxy) is 2. The second kappa shape index (κ2) is 5.89. The molecule has 27 heavy (non-hydrogen) atoms. The van der Waals surface area contributed by atoms with Crippen LogP contribution in [0.4, 0.5) is 0 Å². The number of carbonyl (C=O) groups is 2. The average Bonchev–Trinajstić information content (AvgIpc) is 3.19. The molecule has 4 nitrogen and oxygen atoms in total. The predicted octanol–water partition coefficient (Wildman–Crippen LogP) is 4.16. The van der Waals surface area contributed by atoms with E-state index < -0.39 is 0 Å². The molecule has 0 aromatic rings. The Labute approximate surface area is 162 Å². The number of hydrogen-bond acceptors (Lipinski definition) is 4. The van der Waals surface area contributed by atoms with E-state index in [9.17, 15) is 9.59 Å². The first kappa shape index (κ1) is 18.3. The number of rotatable bonds is 1. The highest BCUT2D eigenvalue weighted by Crippen LogP contribution is 2.67. The van der Waals surface area contributed by atoms with Gasteiger partial charge in [0.05, 0.1) is 13.2 Å². The van der Waals surface area contributed by atoms with Crippen LogP contribution in [-0.2, 0) is 19.1 Å². The molecule has 150 valence electrons. The summed E-state index contributed by atoms with van der Waals surface area (Å²) in [7, 11) is 0. The zero-order valence-electron chi connectivity index (χ0n) is 17.1. The Hall–Kier alpha value is -0.740. The topological polar surface area (TPSA) is 52.6 Å². The Morgan fingerprint density at radius 3 is 2.44 bits per heavy atom. The minimum atomic E-state index is -0.365. The van der Waals surface area contributed by atoms with E-state index >= 15 is 0 Å². The first-order valence-electron chi connectivity index (χ1n) is 11.1. The van der Waals surface area contributed by atoms with Crippen LogP contribution in [-0.4, -0.2) is 30.6 Å². The summed E-state index contributed by atoms with van der Waals surface area (Å²) in [5.41, 5.74) is -0.0168. The molecule has 7 atom stereocenters. The lowest BCUT2D eigenvalue weighted by atomic mass is 9.44. The maximum absolute atomic E-state index is 13.5. The fourth-order valence-corrected chi connectivity index (χ4v) is 8.44. The molecular weight excluding hydrogens is 340 g/mol. The van der Waals surface area contributed by atoms with Gasteiger partial charge in [0.25, 0.3) is 0 Å². The lowest BCUT2D eigenvalue weighted by Gasteiger charge is -2.60.